The summed E-state index contributed by atoms with van der Waals surface area (Å²) in [5.74, 6) is 0.246. The van der Waals surface area contributed by atoms with Crippen molar-refractivity contribution in [2.24, 2.45) is 0 Å². The lowest BCUT2D eigenvalue weighted by Crippen LogP contribution is -2.44. The molecule has 6 heteroatoms. The second kappa shape index (κ2) is 6.72. The average molecular weight is 341 g/mol. The van der Waals surface area contributed by atoms with E-state index in [2.05, 4.69) is 10.2 Å². The van der Waals surface area contributed by atoms with Crippen LogP contribution in [0.2, 0.25) is 0 Å². The number of fused-ring (bicyclic) bond motifs is 1. The van der Waals surface area contributed by atoms with Gasteiger partial charge >= 0.3 is 0 Å². The number of carbonyl (C=O) groups is 1. The minimum Gasteiger partial charge on any atom is -0.479 e. The topological polar surface area (TPSA) is 44.8 Å². The third-order valence-electron chi connectivity index (χ3n) is 4.65. The highest BCUT2D eigenvalue weighted by Gasteiger charge is 2.29. The molecule has 1 saturated heterocycles. The molecule has 2 aliphatic rings. The number of nitrogens with zero attached hydrogens (tertiary/aromatic N) is 2. The summed E-state index contributed by atoms with van der Waals surface area (Å²) in [7, 11) is 0. The van der Waals surface area contributed by atoms with Crippen LogP contribution in [0.1, 0.15) is 5.56 Å². The monoisotopic (exact) mass is 341 g/mol. The number of halogens is 1. The number of hydrogen-bond acceptors (Lipinski definition) is 4. The number of piperazine rings is 1. The molecule has 2 heterocycles. The van der Waals surface area contributed by atoms with E-state index in [9.17, 15) is 9.18 Å². The summed E-state index contributed by atoms with van der Waals surface area (Å²) < 4.78 is 19.8. The molecule has 0 saturated carbocycles. The van der Waals surface area contributed by atoms with E-state index >= 15 is 0 Å². The van der Waals surface area contributed by atoms with Crippen LogP contribution in [0.15, 0.2) is 42.5 Å². The van der Waals surface area contributed by atoms with Gasteiger partial charge in [0.2, 0.25) is 0 Å². The van der Waals surface area contributed by atoms with Gasteiger partial charge in [-0.05, 0) is 18.2 Å². The molecule has 2 aromatic rings. The molecule has 25 heavy (non-hydrogen) atoms. The fourth-order valence-corrected chi connectivity index (χ4v) is 3.34. The highest BCUT2D eigenvalue weighted by Crippen LogP contribution is 2.41. The third-order valence-corrected chi connectivity index (χ3v) is 4.65. The van der Waals surface area contributed by atoms with E-state index < -0.39 is 0 Å². The number of para-hydroxylation sites is 1. The maximum atomic E-state index is 14.0. The van der Waals surface area contributed by atoms with Gasteiger partial charge in [0, 0.05) is 31.7 Å². The van der Waals surface area contributed by atoms with Crippen molar-refractivity contribution in [2.75, 3.05) is 42.6 Å². The van der Waals surface area contributed by atoms with Crippen LogP contribution in [0, 0.1) is 5.82 Å². The molecular weight excluding hydrogens is 321 g/mol. The Morgan fingerprint density at radius 3 is 2.60 bits per heavy atom. The van der Waals surface area contributed by atoms with Gasteiger partial charge in [-0.3, -0.25) is 4.79 Å². The summed E-state index contributed by atoms with van der Waals surface area (Å²) in [6, 6.07) is 12.3. The van der Waals surface area contributed by atoms with Gasteiger partial charge in [-0.15, -0.1) is 0 Å². The summed E-state index contributed by atoms with van der Waals surface area (Å²) in [6.45, 7) is 3.79. The molecule has 0 aliphatic carbocycles. The Balaban J connectivity index is 1.69. The molecule has 0 spiro atoms. The molecule has 0 radical (unpaired) electrons. The van der Waals surface area contributed by atoms with Gasteiger partial charge in [0.05, 0.1) is 17.9 Å². The zero-order valence-corrected chi connectivity index (χ0v) is 13.9. The number of benzene rings is 2. The molecule has 2 aromatic carbocycles. The van der Waals surface area contributed by atoms with Gasteiger partial charge in [-0.1, -0.05) is 24.3 Å². The highest BCUT2D eigenvalue weighted by atomic mass is 19.1. The first kappa shape index (κ1) is 15.9. The first-order chi connectivity index (χ1) is 12.2. The number of ether oxygens (including phenoxy) is 1. The Morgan fingerprint density at radius 1 is 1.04 bits per heavy atom. The molecule has 0 atom stereocenters. The van der Waals surface area contributed by atoms with Gasteiger partial charge in [0.15, 0.2) is 12.4 Å². The maximum Gasteiger partial charge on any atom is 0.265 e. The molecule has 5 nitrogen and oxygen atoms in total. The summed E-state index contributed by atoms with van der Waals surface area (Å²) in [6.07, 6.45) is 0. The van der Waals surface area contributed by atoms with E-state index in [1.165, 1.54) is 6.07 Å². The number of carbonyl (C=O) groups excluding carboxylic acids is 1. The van der Waals surface area contributed by atoms with E-state index in [4.69, 9.17) is 4.74 Å². The highest BCUT2D eigenvalue weighted by molar-refractivity contribution is 5.99. The standard InChI is InChI=1S/C19H20FN3O2/c20-15-5-2-1-4-14(15)12-23-17-7-3-6-16(19(17)25-13-18(23)24)22-10-8-21-9-11-22/h1-7,21H,8-13H2. The molecule has 0 bridgehead atoms. The Hall–Kier alpha value is -2.60. The maximum absolute atomic E-state index is 14.0. The molecule has 0 aromatic heterocycles. The number of hydrogen-bond donors (Lipinski definition) is 1. The van der Waals surface area contributed by atoms with Crippen molar-refractivity contribution in [3.8, 4) is 5.75 Å². The van der Waals surface area contributed by atoms with Crippen LogP contribution in [0.25, 0.3) is 0 Å². The molecule has 4 rings (SSSR count). The number of nitrogens with one attached hydrogen (secondary N) is 1. The van der Waals surface area contributed by atoms with Crippen molar-refractivity contribution in [3.05, 3.63) is 53.8 Å². The quantitative estimate of drug-likeness (QED) is 0.929. The summed E-state index contributed by atoms with van der Waals surface area (Å²) >= 11 is 0. The number of rotatable bonds is 3. The number of anilines is 2. The van der Waals surface area contributed by atoms with E-state index in [-0.39, 0.29) is 24.9 Å². The van der Waals surface area contributed by atoms with E-state index in [1.807, 2.05) is 18.2 Å². The number of amides is 1. The summed E-state index contributed by atoms with van der Waals surface area (Å²) in [5, 5.41) is 3.33. The minimum absolute atomic E-state index is 0.0233. The molecule has 1 amide bonds. The summed E-state index contributed by atoms with van der Waals surface area (Å²) in [4.78, 5) is 16.3. The van der Waals surface area contributed by atoms with Gasteiger partial charge in [0.1, 0.15) is 5.82 Å². The zero-order chi connectivity index (χ0) is 17.2. The van der Waals surface area contributed by atoms with Crippen LogP contribution in [-0.2, 0) is 11.3 Å². The lowest BCUT2D eigenvalue weighted by Gasteiger charge is -2.35. The van der Waals surface area contributed by atoms with Crippen LogP contribution < -0.4 is 19.9 Å². The normalized spacial score (nSPS) is 17.2. The van der Waals surface area contributed by atoms with Crippen LogP contribution in [0.3, 0.4) is 0 Å². The Kier molecular flexibility index (Phi) is 4.28. The smallest absolute Gasteiger partial charge is 0.265 e. The minimum atomic E-state index is -0.304. The average Bonchev–Trinajstić information content (AvgIpc) is 2.66. The van der Waals surface area contributed by atoms with Crippen LogP contribution in [0.4, 0.5) is 15.8 Å². The van der Waals surface area contributed by atoms with Crippen molar-refractivity contribution in [1.82, 2.24) is 5.32 Å². The predicted octanol–water partition coefficient (Wildman–Crippen LogP) is 2.16. The van der Waals surface area contributed by atoms with Crippen LogP contribution in [-0.4, -0.2) is 38.7 Å². The lowest BCUT2D eigenvalue weighted by molar-refractivity contribution is -0.121. The van der Waals surface area contributed by atoms with Crippen molar-refractivity contribution in [1.29, 1.82) is 0 Å². The Bertz CT molecular complexity index is 790. The first-order valence-corrected chi connectivity index (χ1v) is 8.49. The van der Waals surface area contributed by atoms with E-state index in [0.29, 0.717) is 17.0 Å². The summed E-state index contributed by atoms with van der Waals surface area (Å²) in [5.41, 5.74) is 2.19. The predicted molar refractivity (Wildman–Crippen MR) is 94.6 cm³/mol. The molecule has 0 unspecified atom stereocenters. The molecule has 1 fully saturated rings. The van der Waals surface area contributed by atoms with E-state index in [1.54, 1.807) is 23.1 Å². The Morgan fingerprint density at radius 2 is 1.80 bits per heavy atom. The first-order valence-electron chi connectivity index (χ1n) is 8.49. The van der Waals surface area contributed by atoms with Crippen molar-refractivity contribution in [3.63, 3.8) is 0 Å². The van der Waals surface area contributed by atoms with Crippen LogP contribution >= 0.6 is 0 Å². The molecule has 1 N–H and O–H groups in total. The zero-order valence-electron chi connectivity index (χ0n) is 13.9. The lowest BCUT2D eigenvalue weighted by atomic mass is 10.1. The Labute approximate surface area is 146 Å². The van der Waals surface area contributed by atoms with Crippen molar-refractivity contribution < 1.29 is 13.9 Å². The molecule has 130 valence electrons. The largest absolute Gasteiger partial charge is 0.479 e. The fraction of sp³-hybridized carbons (Fsp3) is 0.316. The fourth-order valence-electron chi connectivity index (χ4n) is 3.34. The SMILES string of the molecule is O=C1COc2c(N3CCNCC3)cccc2N1Cc1ccccc1F. The van der Waals surface area contributed by atoms with Crippen molar-refractivity contribution in [2.45, 2.75) is 6.54 Å². The molecule has 2 aliphatic heterocycles. The third kappa shape index (κ3) is 3.05. The van der Waals surface area contributed by atoms with Gasteiger partial charge < -0.3 is 19.9 Å². The second-order valence-electron chi connectivity index (χ2n) is 6.22. The van der Waals surface area contributed by atoms with Gasteiger partial charge in [-0.2, -0.15) is 0 Å². The second-order valence-corrected chi connectivity index (χ2v) is 6.22. The van der Waals surface area contributed by atoms with Gasteiger partial charge in [0.25, 0.3) is 5.91 Å². The van der Waals surface area contributed by atoms with Gasteiger partial charge in [-0.25, -0.2) is 4.39 Å². The molecular formula is C19H20FN3O2. The van der Waals surface area contributed by atoms with E-state index in [0.717, 1.165) is 31.9 Å². The van der Waals surface area contributed by atoms with Crippen LogP contribution in [0.5, 0.6) is 5.75 Å². The van der Waals surface area contributed by atoms with Crippen molar-refractivity contribution >= 4 is 17.3 Å².